The molecule has 0 unspecified atom stereocenters. The van der Waals surface area contributed by atoms with Crippen molar-refractivity contribution >= 4 is 17.8 Å². The molecule has 0 spiro atoms. The molecule has 1 aromatic heterocycles. The molecule has 3 N–H and O–H groups in total. The van der Waals surface area contributed by atoms with E-state index in [4.69, 9.17) is 15.0 Å². The Kier molecular flexibility index (Phi) is 15.1. The van der Waals surface area contributed by atoms with Crippen LogP contribution in [-0.4, -0.2) is 68.8 Å². The molecule has 0 aliphatic carbocycles. The lowest BCUT2D eigenvalue weighted by Gasteiger charge is -2.50. The Morgan fingerprint density at radius 3 is 1.21 bits per heavy atom. The molecule has 8 nitrogen and oxygen atoms in total. The highest BCUT2D eigenvalue weighted by molar-refractivity contribution is 5.47. The van der Waals surface area contributed by atoms with Gasteiger partial charge in [0.25, 0.3) is 0 Å². The summed E-state index contributed by atoms with van der Waals surface area (Å²) < 4.78 is 0. The van der Waals surface area contributed by atoms with Gasteiger partial charge in [0.1, 0.15) is 0 Å². The molecule has 2 aliphatic rings. The largest absolute Gasteiger partial charge is 0.354 e. The quantitative estimate of drug-likeness (QED) is 0.120. The summed E-state index contributed by atoms with van der Waals surface area (Å²) in [6, 6.07) is 0.732. The van der Waals surface area contributed by atoms with E-state index < -0.39 is 0 Å². The zero-order chi connectivity index (χ0) is 34.7. The zero-order valence-electron chi connectivity index (χ0n) is 32.8. The summed E-state index contributed by atoms with van der Waals surface area (Å²) in [5.74, 6) is 2.44. The van der Waals surface area contributed by atoms with E-state index in [2.05, 4.69) is 102 Å². The summed E-state index contributed by atoms with van der Waals surface area (Å²) in [5, 5.41) is 11.3. The van der Waals surface area contributed by atoms with Crippen LogP contribution in [0.15, 0.2) is 0 Å². The number of nitrogens with zero attached hydrogens (tertiary/aromatic N) is 5. The molecule has 0 bridgehead atoms. The molecule has 0 radical (unpaired) electrons. The highest BCUT2D eigenvalue weighted by Crippen LogP contribution is 2.36. The van der Waals surface area contributed by atoms with Crippen LogP contribution in [0, 0.1) is 0 Å². The lowest BCUT2D eigenvalue weighted by molar-refractivity contribution is 0.157. The Hall–Kier alpha value is -1.67. The molecule has 0 aromatic carbocycles. The van der Waals surface area contributed by atoms with Gasteiger partial charge in [0, 0.05) is 53.9 Å². The molecule has 8 heteroatoms. The summed E-state index contributed by atoms with van der Waals surface area (Å²) in [5.41, 5.74) is 0.175. The van der Waals surface area contributed by atoms with Crippen LogP contribution in [0.4, 0.5) is 17.8 Å². The number of nitrogens with one attached hydrogen (secondary N) is 3. The van der Waals surface area contributed by atoms with Gasteiger partial charge in [-0.2, -0.15) is 15.0 Å². The molecule has 3 heterocycles. The van der Waals surface area contributed by atoms with Gasteiger partial charge in [-0.1, -0.05) is 78.1 Å². The molecule has 3 rings (SSSR count). The van der Waals surface area contributed by atoms with Crippen LogP contribution in [-0.2, 0) is 0 Å². The predicted octanol–water partition coefficient (Wildman–Crippen LogP) is 9.26. The first-order chi connectivity index (χ1) is 22.1. The Balaban J connectivity index is 2.02. The number of rotatable bonds is 20. The lowest BCUT2D eigenvalue weighted by Crippen LogP contribution is -2.63. The predicted molar refractivity (Wildman–Crippen MR) is 204 cm³/mol. The van der Waals surface area contributed by atoms with Gasteiger partial charge < -0.3 is 25.8 Å². The van der Waals surface area contributed by atoms with Crippen molar-refractivity contribution < 1.29 is 0 Å². The minimum absolute atomic E-state index is 0.0439. The summed E-state index contributed by atoms with van der Waals surface area (Å²) in [7, 11) is 0. The fourth-order valence-corrected chi connectivity index (χ4v) is 8.84. The van der Waals surface area contributed by atoms with Gasteiger partial charge in [0.2, 0.25) is 17.8 Å². The molecule has 1 aromatic rings. The molecular formula is C39H76N8. The molecule has 0 amide bonds. The summed E-state index contributed by atoms with van der Waals surface area (Å²) in [6.07, 6.45) is 19.7. The highest BCUT2D eigenvalue weighted by Gasteiger charge is 2.42. The minimum atomic E-state index is 0.0439. The van der Waals surface area contributed by atoms with Crippen LogP contribution < -0.4 is 25.8 Å². The van der Waals surface area contributed by atoms with Crippen LogP contribution in [0.5, 0.6) is 0 Å². The number of aromatic nitrogens is 3. The van der Waals surface area contributed by atoms with Crippen LogP contribution >= 0.6 is 0 Å². The van der Waals surface area contributed by atoms with Crippen molar-refractivity contribution in [3.63, 3.8) is 0 Å². The van der Waals surface area contributed by atoms with E-state index >= 15 is 0 Å². The second-order valence-corrected chi connectivity index (χ2v) is 17.6. The number of hydrogen-bond donors (Lipinski definition) is 3. The van der Waals surface area contributed by atoms with E-state index in [1.807, 2.05) is 0 Å². The summed E-state index contributed by atoms with van der Waals surface area (Å²) in [4.78, 5) is 21.0. The van der Waals surface area contributed by atoms with Crippen molar-refractivity contribution in [2.24, 2.45) is 0 Å². The first-order valence-electron chi connectivity index (χ1n) is 19.7. The van der Waals surface area contributed by atoms with E-state index in [0.717, 1.165) is 57.2 Å². The first kappa shape index (κ1) is 39.8. The second kappa shape index (κ2) is 17.8. The van der Waals surface area contributed by atoms with Gasteiger partial charge >= 0.3 is 0 Å². The molecule has 2 aliphatic heterocycles. The van der Waals surface area contributed by atoms with Crippen LogP contribution in [0.2, 0.25) is 0 Å². The molecule has 2 fully saturated rings. The van der Waals surface area contributed by atoms with E-state index in [1.54, 1.807) is 0 Å². The molecule has 2 saturated heterocycles. The topological polar surface area (TPSA) is 81.2 Å². The van der Waals surface area contributed by atoms with Gasteiger partial charge in [-0.05, 0) is 101 Å². The lowest BCUT2D eigenvalue weighted by atomic mass is 9.79. The maximum Gasteiger partial charge on any atom is 0.232 e. The third-order valence-corrected chi connectivity index (χ3v) is 10.2. The van der Waals surface area contributed by atoms with Gasteiger partial charge in [-0.3, -0.25) is 0 Å². The van der Waals surface area contributed by atoms with Gasteiger partial charge in [0.05, 0.1) is 0 Å². The van der Waals surface area contributed by atoms with Gasteiger partial charge in [-0.15, -0.1) is 0 Å². The SMILES string of the molecule is CCCCCCCCN(c1nc(NCC)nc(N(CCCCCCCC)C2CC(C)(C)NC(C)(C)C2)n1)C1CC(C)(C)NC(C)(C)C1. The summed E-state index contributed by atoms with van der Waals surface area (Å²) >= 11 is 0. The Bertz CT molecular complexity index is 943. The fraction of sp³-hybridized carbons (Fsp3) is 0.923. The molecule has 0 atom stereocenters. The number of hydrogen-bond acceptors (Lipinski definition) is 8. The molecule has 272 valence electrons. The third kappa shape index (κ3) is 13.3. The van der Waals surface area contributed by atoms with Crippen LogP contribution in [0.25, 0.3) is 0 Å². The fourth-order valence-electron chi connectivity index (χ4n) is 8.84. The van der Waals surface area contributed by atoms with Crippen molar-refractivity contribution in [2.75, 3.05) is 34.8 Å². The van der Waals surface area contributed by atoms with Crippen molar-refractivity contribution in [2.45, 2.75) is 213 Å². The van der Waals surface area contributed by atoms with E-state index in [1.165, 1.54) is 77.0 Å². The maximum atomic E-state index is 5.46. The van der Waals surface area contributed by atoms with Crippen molar-refractivity contribution in [3.05, 3.63) is 0 Å². The Morgan fingerprint density at radius 1 is 0.532 bits per heavy atom. The Labute approximate surface area is 290 Å². The third-order valence-electron chi connectivity index (χ3n) is 10.2. The summed E-state index contributed by atoms with van der Waals surface area (Å²) in [6.45, 7) is 28.4. The standard InChI is InChI=1S/C39H76N8/c1-12-15-17-19-21-23-25-46(31-27-36(4,5)44-37(6,7)28-31)34-41-33(40-14-3)42-35(43-34)47(26-24-22-20-18-16-13-2)32-29-38(8,9)45-39(10,11)30-32/h31-32,44-45H,12-30H2,1-11H3,(H,40,41,42,43). The number of anilines is 3. The normalized spacial score (nSPS) is 20.7. The Morgan fingerprint density at radius 2 is 0.872 bits per heavy atom. The van der Waals surface area contributed by atoms with Crippen LogP contribution in [0.3, 0.4) is 0 Å². The van der Waals surface area contributed by atoms with E-state index in [9.17, 15) is 0 Å². The average molecular weight is 657 g/mol. The van der Waals surface area contributed by atoms with Crippen molar-refractivity contribution in [1.29, 1.82) is 0 Å². The second-order valence-electron chi connectivity index (χ2n) is 17.6. The van der Waals surface area contributed by atoms with Gasteiger partial charge in [-0.25, -0.2) is 0 Å². The smallest absolute Gasteiger partial charge is 0.232 e. The van der Waals surface area contributed by atoms with Gasteiger partial charge in [0.15, 0.2) is 0 Å². The van der Waals surface area contributed by atoms with Crippen molar-refractivity contribution in [3.8, 4) is 0 Å². The average Bonchev–Trinajstić information content (AvgIpc) is 2.93. The van der Waals surface area contributed by atoms with E-state index in [0.29, 0.717) is 18.0 Å². The number of unbranched alkanes of at least 4 members (excludes halogenated alkanes) is 10. The first-order valence-corrected chi connectivity index (χ1v) is 19.7. The van der Waals surface area contributed by atoms with E-state index in [-0.39, 0.29) is 22.2 Å². The molecule has 47 heavy (non-hydrogen) atoms. The monoisotopic (exact) mass is 657 g/mol. The van der Waals surface area contributed by atoms with Crippen LogP contribution in [0.1, 0.15) is 179 Å². The molecular weight excluding hydrogens is 580 g/mol. The zero-order valence-corrected chi connectivity index (χ0v) is 32.8. The van der Waals surface area contributed by atoms with Crippen molar-refractivity contribution in [1.82, 2.24) is 25.6 Å². The maximum absolute atomic E-state index is 5.46. The highest BCUT2D eigenvalue weighted by atomic mass is 15.4. The minimum Gasteiger partial charge on any atom is -0.354 e. The number of piperidine rings is 2. The molecule has 0 saturated carbocycles.